The highest BCUT2D eigenvalue weighted by Crippen LogP contribution is 2.29. The van der Waals surface area contributed by atoms with Crippen LogP contribution in [-0.4, -0.2) is 17.7 Å². The van der Waals surface area contributed by atoms with Gasteiger partial charge in [-0.25, -0.2) is 0 Å². The van der Waals surface area contributed by atoms with Crippen LogP contribution in [0.15, 0.2) is 18.2 Å². The van der Waals surface area contributed by atoms with Gasteiger partial charge in [0.25, 0.3) is 0 Å². The first-order valence-electron chi connectivity index (χ1n) is 6.44. The Morgan fingerprint density at radius 2 is 2.12 bits per heavy atom. The summed E-state index contributed by atoms with van der Waals surface area (Å²) in [6.45, 7) is 6.73. The Morgan fingerprint density at radius 3 is 2.82 bits per heavy atom. The molecular formula is C15H20N2. The lowest BCUT2D eigenvalue weighted by Gasteiger charge is -2.09. The van der Waals surface area contributed by atoms with Crippen LogP contribution in [0.1, 0.15) is 29.2 Å². The number of hydrogen-bond donors (Lipinski definition) is 1. The number of aromatic nitrogens is 1. The average Bonchev–Trinajstić information content (AvgIpc) is 2.94. The van der Waals surface area contributed by atoms with Crippen LogP contribution in [0.4, 0.5) is 0 Å². The van der Waals surface area contributed by atoms with Crippen LogP contribution in [0.3, 0.4) is 0 Å². The molecule has 2 aromatic rings. The number of aryl methyl sites for hydroxylation is 2. The molecule has 0 radical (unpaired) electrons. The van der Waals surface area contributed by atoms with Gasteiger partial charge in [0.05, 0.1) is 0 Å². The van der Waals surface area contributed by atoms with Crippen LogP contribution >= 0.6 is 0 Å². The Balaban J connectivity index is 2.15. The first-order chi connectivity index (χ1) is 8.18. The van der Waals surface area contributed by atoms with Crippen molar-refractivity contribution < 1.29 is 0 Å². The minimum atomic E-state index is 0.708. The van der Waals surface area contributed by atoms with Gasteiger partial charge in [0.15, 0.2) is 0 Å². The lowest BCUT2D eigenvalue weighted by Crippen LogP contribution is -2.07. The van der Waals surface area contributed by atoms with Gasteiger partial charge in [-0.3, -0.25) is 0 Å². The van der Waals surface area contributed by atoms with Crippen LogP contribution in [-0.2, 0) is 7.05 Å². The average molecular weight is 228 g/mol. The lowest BCUT2D eigenvalue weighted by atomic mass is 9.96. The summed E-state index contributed by atoms with van der Waals surface area (Å²) in [6, 6.07) is 6.98. The minimum absolute atomic E-state index is 0.708. The van der Waals surface area contributed by atoms with E-state index in [9.17, 15) is 0 Å². The fourth-order valence-corrected chi connectivity index (χ4v) is 2.97. The fourth-order valence-electron chi connectivity index (χ4n) is 2.97. The zero-order valence-electron chi connectivity index (χ0n) is 10.9. The van der Waals surface area contributed by atoms with Gasteiger partial charge < -0.3 is 9.88 Å². The summed E-state index contributed by atoms with van der Waals surface area (Å²) >= 11 is 0. The van der Waals surface area contributed by atoms with Crippen molar-refractivity contribution in [1.82, 2.24) is 9.88 Å². The first-order valence-corrected chi connectivity index (χ1v) is 6.44. The summed E-state index contributed by atoms with van der Waals surface area (Å²) in [5, 5.41) is 4.87. The van der Waals surface area contributed by atoms with Gasteiger partial charge in [0, 0.05) is 30.2 Å². The van der Waals surface area contributed by atoms with Crippen molar-refractivity contribution in [2.75, 3.05) is 13.1 Å². The van der Waals surface area contributed by atoms with Gasteiger partial charge in [-0.2, -0.15) is 0 Å². The molecule has 1 aromatic heterocycles. The van der Waals surface area contributed by atoms with E-state index in [-0.39, 0.29) is 0 Å². The van der Waals surface area contributed by atoms with E-state index >= 15 is 0 Å². The van der Waals surface area contributed by atoms with E-state index in [1.54, 1.807) is 0 Å². The van der Waals surface area contributed by atoms with Crippen LogP contribution in [0.2, 0.25) is 0 Å². The first kappa shape index (κ1) is 10.8. The number of hydrogen-bond acceptors (Lipinski definition) is 1. The summed E-state index contributed by atoms with van der Waals surface area (Å²) in [7, 11) is 2.15. The van der Waals surface area contributed by atoms with E-state index in [2.05, 4.69) is 49.0 Å². The highest BCUT2D eigenvalue weighted by atomic mass is 14.9. The third kappa shape index (κ3) is 1.59. The third-order valence-electron chi connectivity index (χ3n) is 4.36. The molecule has 0 aliphatic carbocycles. The van der Waals surface area contributed by atoms with Gasteiger partial charge >= 0.3 is 0 Å². The van der Waals surface area contributed by atoms with Crippen LogP contribution in [0, 0.1) is 13.8 Å². The molecule has 0 spiro atoms. The second-order valence-corrected chi connectivity index (χ2v) is 5.24. The Kier molecular flexibility index (Phi) is 2.48. The number of rotatable bonds is 1. The van der Waals surface area contributed by atoms with Crippen molar-refractivity contribution >= 4 is 10.9 Å². The zero-order valence-corrected chi connectivity index (χ0v) is 10.9. The smallest absolute Gasteiger partial charge is 0.0482 e. The fraction of sp³-hybridized carbons (Fsp3) is 0.467. The SMILES string of the molecule is Cc1c(C)n(C)c2ccc(C3CCNC3)cc12. The molecule has 1 aromatic carbocycles. The zero-order chi connectivity index (χ0) is 12.0. The molecule has 1 aliphatic heterocycles. The maximum absolute atomic E-state index is 3.44. The molecule has 1 N–H and O–H groups in total. The van der Waals surface area contributed by atoms with E-state index < -0.39 is 0 Å². The quantitative estimate of drug-likeness (QED) is 0.794. The Hall–Kier alpha value is -1.28. The molecule has 90 valence electrons. The number of nitrogens with one attached hydrogen (secondary N) is 1. The van der Waals surface area contributed by atoms with E-state index in [4.69, 9.17) is 0 Å². The maximum Gasteiger partial charge on any atom is 0.0482 e. The molecule has 1 aliphatic rings. The highest BCUT2D eigenvalue weighted by Gasteiger charge is 2.18. The molecule has 1 saturated heterocycles. The molecule has 1 fully saturated rings. The Morgan fingerprint density at radius 1 is 1.29 bits per heavy atom. The molecule has 3 rings (SSSR count). The van der Waals surface area contributed by atoms with E-state index in [0.29, 0.717) is 5.92 Å². The van der Waals surface area contributed by atoms with E-state index in [1.165, 1.54) is 34.1 Å². The van der Waals surface area contributed by atoms with Crippen molar-refractivity contribution in [3.05, 3.63) is 35.0 Å². The molecule has 0 saturated carbocycles. The molecule has 0 bridgehead atoms. The van der Waals surface area contributed by atoms with Crippen molar-refractivity contribution in [2.24, 2.45) is 7.05 Å². The molecule has 2 heteroatoms. The Bertz CT molecular complexity index is 560. The van der Waals surface area contributed by atoms with E-state index in [0.717, 1.165) is 13.1 Å². The minimum Gasteiger partial charge on any atom is -0.348 e. The second-order valence-electron chi connectivity index (χ2n) is 5.24. The summed E-state index contributed by atoms with van der Waals surface area (Å²) in [6.07, 6.45) is 1.27. The van der Waals surface area contributed by atoms with Crippen molar-refractivity contribution in [2.45, 2.75) is 26.2 Å². The molecule has 2 nitrogen and oxygen atoms in total. The van der Waals surface area contributed by atoms with Crippen molar-refractivity contribution in [1.29, 1.82) is 0 Å². The Labute approximate surface area is 103 Å². The van der Waals surface area contributed by atoms with Crippen molar-refractivity contribution in [3.63, 3.8) is 0 Å². The lowest BCUT2D eigenvalue weighted by molar-refractivity contribution is 0.764. The third-order valence-corrected chi connectivity index (χ3v) is 4.36. The monoisotopic (exact) mass is 228 g/mol. The molecule has 0 amide bonds. The van der Waals surface area contributed by atoms with Crippen LogP contribution in [0.25, 0.3) is 10.9 Å². The maximum atomic E-state index is 3.44. The standard InChI is InChI=1S/C15H20N2/c1-10-11(2)17(3)15-5-4-12(8-14(10)15)13-6-7-16-9-13/h4-5,8,13,16H,6-7,9H2,1-3H3. The molecule has 17 heavy (non-hydrogen) atoms. The largest absolute Gasteiger partial charge is 0.348 e. The predicted molar refractivity (Wildman–Crippen MR) is 72.6 cm³/mol. The van der Waals surface area contributed by atoms with Gasteiger partial charge in [-0.05, 0) is 56.0 Å². The van der Waals surface area contributed by atoms with Crippen molar-refractivity contribution in [3.8, 4) is 0 Å². The summed E-state index contributed by atoms with van der Waals surface area (Å²) < 4.78 is 2.29. The van der Waals surface area contributed by atoms with Gasteiger partial charge in [-0.1, -0.05) is 6.07 Å². The molecule has 1 unspecified atom stereocenters. The summed E-state index contributed by atoms with van der Waals surface area (Å²) in [5.41, 5.74) is 5.66. The second kappa shape index (κ2) is 3.88. The van der Waals surface area contributed by atoms with Gasteiger partial charge in [0.2, 0.25) is 0 Å². The normalized spacial score (nSPS) is 20.3. The number of nitrogens with zero attached hydrogens (tertiary/aromatic N) is 1. The van der Waals surface area contributed by atoms with Crippen LogP contribution < -0.4 is 5.32 Å². The topological polar surface area (TPSA) is 17.0 Å². The highest BCUT2D eigenvalue weighted by molar-refractivity contribution is 5.86. The molecule has 1 atom stereocenters. The predicted octanol–water partition coefficient (Wildman–Crippen LogP) is 2.87. The van der Waals surface area contributed by atoms with Crippen LogP contribution in [0.5, 0.6) is 0 Å². The summed E-state index contributed by atoms with van der Waals surface area (Å²) in [4.78, 5) is 0. The molecule has 2 heterocycles. The van der Waals surface area contributed by atoms with Gasteiger partial charge in [-0.15, -0.1) is 0 Å². The summed E-state index contributed by atoms with van der Waals surface area (Å²) in [5.74, 6) is 0.708. The number of fused-ring (bicyclic) bond motifs is 1. The number of benzene rings is 1. The molecular weight excluding hydrogens is 208 g/mol. The van der Waals surface area contributed by atoms with Gasteiger partial charge in [0.1, 0.15) is 0 Å². The van der Waals surface area contributed by atoms with E-state index in [1.807, 2.05) is 0 Å².